The fourth-order valence-corrected chi connectivity index (χ4v) is 0.753. The number of nitrogens with zero attached hydrogens (tertiary/aromatic N) is 2. The Hall–Kier alpha value is -1.65. The highest BCUT2D eigenvalue weighted by atomic mass is 16.6. The van der Waals surface area contributed by atoms with Crippen LogP contribution in [0.4, 0.5) is 4.79 Å². The van der Waals surface area contributed by atoms with Crippen molar-refractivity contribution < 1.29 is 9.53 Å². The second-order valence-corrected chi connectivity index (χ2v) is 3.80. The fourth-order valence-electron chi connectivity index (χ4n) is 0.753. The maximum atomic E-state index is 11.2. The highest BCUT2D eigenvalue weighted by molar-refractivity contribution is 5.70. The van der Waals surface area contributed by atoms with Gasteiger partial charge in [-0.2, -0.15) is 0 Å². The number of hydrogen-bond donors (Lipinski definition) is 1. The Morgan fingerprint density at radius 2 is 1.93 bits per heavy atom. The summed E-state index contributed by atoms with van der Waals surface area (Å²) in [5.41, 5.74) is -0.328. The molecule has 0 aliphatic carbocycles. The first-order chi connectivity index (χ1) is 6.47. The zero-order valence-corrected chi connectivity index (χ0v) is 8.44. The van der Waals surface area contributed by atoms with Crippen LogP contribution in [0.3, 0.4) is 0 Å². The third kappa shape index (κ3) is 3.84. The molecule has 1 aromatic heterocycles. The Labute approximate surface area is 82.5 Å². The topological polar surface area (TPSA) is 64.1 Å². The first-order valence-corrected chi connectivity index (χ1v) is 4.24. The molecular weight excluding hydrogens is 182 g/mol. The molecule has 5 heteroatoms. The molecule has 1 N–H and O–H groups in total. The van der Waals surface area contributed by atoms with E-state index in [2.05, 4.69) is 15.3 Å². The predicted molar refractivity (Wildman–Crippen MR) is 50.9 cm³/mol. The molecule has 14 heavy (non-hydrogen) atoms. The van der Waals surface area contributed by atoms with E-state index in [1.165, 1.54) is 12.4 Å². The molecule has 0 spiro atoms. The summed E-state index contributed by atoms with van der Waals surface area (Å²) < 4.78 is 4.82. The zero-order valence-electron chi connectivity index (χ0n) is 8.44. The molecule has 0 aliphatic rings. The second kappa shape index (κ2) is 4.04. The quantitative estimate of drug-likeness (QED) is 0.734. The summed E-state index contributed by atoms with van der Waals surface area (Å²) in [4.78, 5) is 18.7. The van der Waals surface area contributed by atoms with E-state index in [1.54, 1.807) is 6.07 Å². The van der Waals surface area contributed by atoms with Gasteiger partial charge in [0.15, 0.2) is 0 Å². The van der Waals surface area contributed by atoms with E-state index in [0.29, 0.717) is 0 Å². The number of carbonyl (C=O) groups is 1. The molecule has 1 amide bonds. The minimum absolute atomic E-state index is 0.0502. The Bertz CT molecular complexity index is 306. The molecule has 5 nitrogen and oxygen atoms in total. The van der Waals surface area contributed by atoms with Crippen molar-refractivity contribution in [3.05, 3.63) is 18.5 Å². The first-order valence-electron chi connectivity index (χ1n) is 4.24. The Balaban J connectivity index is 2.50. The number of ether oxygens (including phenoxy) is 1. The van der Waals surface area contributed by atoms with Gasteiger partial charge in [0.2, 0.25) is 0 Å². The molecule has 1 aromatic rings. The number of aromatic nitrogens is 2. The van der Waals surface area contributed by atoms with Gasteiger partial charge in [0, 0.05) is 17.9 Å². The Morgan fingerprint density at radius 1 is 1.36 bits per heavy atom. The van der Waals surface area contributed by atoms with Gasteiger partial charge in [0.25, 0.3) is 0 Å². The van der Waals surface area contributed by atoms with Gasteiger partial charge in [-0.15, -0.1) is 0 Å². The van der Waals surface area contributed by atoms with Gasteiger partial charge in [0.05, 0.1) is 0 Å². The number of hydrogen-bond acceptors (Lipinski definition) is 4. The molecule has 0 saturated heterocycles. The molecule has 0 radical (unpaired) electrons. The number of carbonyl (C=O) groups excluding carboxylic acids is 1. The largest absolute Gasteiger partial charge is 0.415 e. The van der Waals surface area contributed by atoms with Crippen molar-refractivity contribution in [3.8, 4) is 6.01 Å². The molecular formula is C9H13N3O2. The zero-order chi connectivity index (χ0) is 10.6. The molecule has 0 fully saturated rings. The SMILES string of the molecule is CC(C)(C)NC(=O)Oc1ncccn1. The van der Waals surface area contributed by atoms with Crippen LogP contribution in [-0.2, 0) is 0 Å². The molecule has 0 bridgehead atoms. The van der Waals surface area contributed by atoms with Gasteiger partial charge in [-0.05, 0) is 26.8 Å². The summed E-state index contributed by atoms with van der Waals surface area (Å²) in [5.74, 6) is 0. The van der Waals surface area contributed by atoms with Gasteiger partial charge >= 0.3 is 12.1 Å². The third-order valence-corrected chi connectivity index (χ3v) is 1.20. The van der Waals surface area contributed by atoms with Crippen LogP contribution in [0.15, 0.2) is 18.5 Å². The summed E-state index contributed by atoms with van der Waals surface area (Å²) in [7, 11) is 0. The molecule has 1 rings (SSSR count). The molecule has 0 atom stereocenters. The lowest BCUT2D eigenvalue weighted by atomic mass is 10.1. The van der Waals surface area contributed by atoms with Crippen LogP contribution >= 0.6 is 0 Å². The molecule has 0 aliphatic heterocycles. The van der Waals surface area contributed by atoms with Crippen LogP contribution in [0.1, 0.15) is 20.8 Å². The van der Waals surface area contributed by atoms with Crippen molar-refractivity contribution in [1.82, 2.24) is 15.3 Å². The second-order valence-electron chi connectivity index (χ2n) is 3.80. The van der Waals surface area contributed by atoms with Crippen molar-refractivity contribution in [3.63, 3.8) is 0 Å². The highest BCUT2D eigenvalue weighted by Gasteiger charge is 2.15. The third-order valence-electron chi connectivity index (χ3n) is 1.20. The van der Waals surface area contributed by atoms with E-state index >= 15 is 0 Å². The highest BCUT2D eigenvalue weighted by Crippen LogP contribution is 2.02. The van der Waals surface area contributed by atoms with Gasteiger partial charge in [-0.1, -0.05) is 0 Å². The molecule has 0 saturated carbocycles. The first kappa shape index (κ1) is 10.4. The van der Waals surface area contributed by atoms with E-state index in [-0.39, 0.29) is 11.5 Å². The van der Waals surface area contributed by atoms with E-state index in [1.807, 2.05) is 20.8 Å². The number of nitrogens with one attached hydrogen (secondary N) is 1. The molecule has 0 aromatic carbocycles. The molecule has 0 unspecified atom stereocenters. The summed E-state index contributed by atoms with van der Waals surface area (Å²) in [6.45, 7) is 5.58. The van der Waals surface area contributed by atoms with Crippen LogP contribution in [0, 0.1) is 0 Å². The van der Waals surface area contributed by atoms with Crippen LogP contribution in [-0.4, -0.2) is 21.6 Å². The predicted octanol–water partition coefficient (Wildman–Crippen LogP) is 1.36. The van der Waals surface area contributed by atoms with Crippen LogP contribution in [0.25, 0.3) is 0 Å². The number of rotatable bonds is 1. The van der Waals surface area contributed by atoms with Crippen molar-refractivity contribution in [1.29, 1.82) is 0 Å². The smallest absolute Gasteiger partial charge is 0.374 e. The lowest BCUT2D eigenvalue weighted by molar-refractivity contribution is 0.186. The van der Waals surface area contributed by atoms with Crippen LogP contribution in [0.5, 0.6) is 6.01 Å². The minimum Gasteiger partial charge on any atom is -0.374 e. The van der Waals surface area contributed by atoms with Crippen LogP contribution < -0.4 is 10.1 Å². The van der Waals surface area contributed by atoms with Crippen molar-refractivity contribution in [2.45, 2.75) is 26.3 Å². The Morgan fingerprint density at radius 3 is 2.43 bits per heavy atom. The van der Waals surface area contributed by atoms with E-state index in [0.717, 1.165) is 0 Å². The summed E-state index contributed by atoms with van der Waals surface area (Å²) in [6, 6.07) is 1.70. The Kier molecular flexibility index (Phi) is 3.01. The number of amides is 1. The minimum atomic E-state index is -0.552. The van der Waals surface area contributed by atoms with E-state index in [9.17, 15) is 4.79 Å². The van der Waals surface area contributed by atoms with Gasteiger partial charge in [-0.3, -0.25) is 0 Å². The molecule has 76 valence electrons. The van der Waals surface area contributed by atoms with Crippen molar-refractivity contribution in [2.24, 2.45) is 0 Å². The van der Waals surface area contributed by atoms with Crippen LogP contribution in [0.2, 0.25) is 0 Å². The van der Waals surface area contributed by atoms with E-state index < -0.39 is 6.09 Å². The van der Waals surface area contributed by atoms with Gasteiger partial charge < -0.3 is 10.1 Å². The van der Waals surface area contributed by atoms with Gasteiger partial charge in [-0.25, -0.2) is 14.8 Å². The maximum Gasteiger partial charge on any atom is 0.415 e. The lowest BCUT2D eigenvalue weighted by Crippen LogP contribution is -2.42. The monoisotopic (exact) mass is 195 g/mol. The maximum absolute atomic E-state index is 11.2. The summed E-state index contributed by atoms with van der Waals surface area (Å²) >= 11 is 0. The lowest BCUT2D eigenvalue weighted by Gasteiger charge is -2.19. The average molecular weight is 195 g/mol. The molecule has 1 heterocycles. The van der Waals surface area contributed by atoms with E-state index in [4.69, 9.17) is 4.74 Å². The van der Waals surface area contributed by atoms with Crippen molar-refractivity contribution >= 4 is 6.09 Å². The fraction of sp³-hybridized carbons (Fsp3) is 0.444. The normalized spacial score (nSPS) is 10.8. The average Bonchev–Trinajstić information content (AvgIpc) is 2.02. The van der Waals surface area contributed by atoms with Gasteiger partial charge in [0.1, 0.15) is 0 Å². The standard InChI is InChI=1S/C9H13N3O2/c1-9(2,3)12-8(13)14-7-10-5-4-6-11-7/h4-6H,1-3H3,(H,12,13). The van der Waals surface area contributed by atoms with Crippen molar-refractivity contribution in [2.75, 3.05) is 0 Å². The summed E-state index contributed by atoms with van der Waals surface area (Å²) in [6.07, 6.45) is 2.46. The summed E-state index contributed by atoms with van der Waals surface area (Å²) in [5, 5.41) is 2.63.